The number of fused-ring (bicyclic) bond motifs is 15. The Labute approximate surface area is 362 Å². The van der Waals surface area contributed by atoms with Gasteiger partial charge in [-0.1, -0.05) is 153 Å². The fourth-order valence-electron chi connectivity index (χ4n) is 11.4. The van der Waals surface area contributed by atoms with Crippen LogP contribution in [-0.4, -0.2) is 14.7 Å². The van der Waals surface area contributed by atoms with Crippen molar-refractivity contribution in [2.45, 2.75) is 19.3 Å². The van der Waals surface area contributed by atoms with Gasteiger partial charge in [0.1, 0.15) is 17.0 Å². The van der Waals surface area contributed by atoms with E-state index in [9.17, 15) is 0 Å². The Kier molecular flexibility index (Phi) is 7.18. The molecule has 14 rings (SSSR count). The minimum Gasteiger partial charge on any atom is -0.458 e. The number of aromatic nitrogens is 2. The summed E-state index contributed by atoms with van der Waals surface area (Å²) in [7, 11) is 0. The van der Waals surface area contributed by atoms with Gasteiger partial charge < -0.3 is 13.4 Å². The fraction of sp³-hybridized carbons (Fsp3) is 0.0678. The highest BCUT2D eigenvalue weighted by molar-refractivity contribution is 6.36. The van der Waals surface area contributed by atoms with E-state index >= 15 is 0 Å². The first-order valence-electron chi connectivity index (χ1n) is 22.1. The van der Waals surface area contributed by atoms with Crippen molar-refractivity contribution in [3.8, 4) is 16.8 Å². The average molecular weight is 806 g/mol. The topological polar surface area (TPSA) is 34.8 Å². The summed E-state index contributed by atoms with van der Waals surface area (Å²) in [6.45, 7) is 2.29. The summed E-state index contributed by atoms with van der Waals surface area (Å²) >= 11 is 0. The van der Waals surface area contributed by atoms with Crippen LogP contribution in [0.2, 0.25) is 0 Å². The number of nitrogens with zero attached hydrogens (tertiary/aromatic N) is 3. The van der Waals surface area contributed by atoms with Crippen LogP contribution in [0, 0.1) is 5.92 Å². The molecule has 5 heterocycles. The molecule has 4 heteroatoms. The van der Waals surface area contributed by atoms with E-state index in [4.69, 9.17) is 9.41 Å². The highest BCUT2D eigenvalue weighted by atomic mass is 16.3. The van der Waals surface area contributed by atoms with Gasteiger partial charge in [-0.05, 0) is 88.0 Å². The molecule has 0 fully saturated rings. The van der Waals surface area contributed by atoms with Crippen molar-refractivity contribution in [3.05, 3.63) is 211 Å². The van der Waals surface area contributed by atoms with Gasteiger partial charge in [-0.25, -0.2) is 4.99 Å². The van der Waals surface area contributed by atoms with Gasteiger partial charge in [0.05, 0.1) is 39.2 Å². The van der Waals surface area contributed by atoms with E-state index in [-0.39, 0.29) is 11.8 Å². The van der Waals surface area contributed by atoms with E-state index < -0.39 is 0 Å². The van der Waals surface area contributed by atoms with Crippen molar-refractivity contribution in [2.75, 3.05) is 0 Å². The lowest BCUT2D eigenvalue weighted by Crippen LogP contribution is -2.26. The van der Waals surface area contributed by atoms with Gasteiger partial charge in [-0.3, -0.25) is 0 Å². The third-order valence-corrected chi connectivity index (χ3v) is 14.1. The van der Waals surface area contributed by atoms with E-state index in [0.717, 1.165) is 45.8 Å². The Bertz CT molecular complexity index is 4000. The van der Waals surface area contributed by atoms with E-state index in [1.807, 2.05) is 6.07 Å². The summed E-state index contributed by atoms with van der Waals surface area (Å²) in [6, 6.07) is 71.0. The van der Waals surface area contributed by atoms with Crippen LogP contribution in [0.25, 0.3) is 98.5 Å². The Balaban J connectivity index is 0.974. The van der Waals surface area contributed by atoms with Crippen LogP contribution in [0.5, 0.6) is 0 Å². The normalized spacial score (nSPS) is 15.5. The first-order valence-corrected chi connectivity index (χ1v) is 22.1. The third kappa shape index (κ3) is 4.78. The quantitative estimate of drug-likeness (QED) is 0.171. The molecule has 0 spiro atoms. The molecular weight excluding hydrogens is 767 g/mol. The Morgan fingerprint density at radius 3 is 1.97 bits per heavy atom. The summed E-state index contributed by atoms with van der Waals surface area (Å²) in [5.74, 6) is 1.08. The highest BCUT2D eigenvalue weighted by Crippen LogP contribution is 2.51. The van der Waals surface area contributed by atoms with Crippen molar-refractivity contribution in [2.24, 2.45) is 10.9 Å². The summed E-state index contributed by atoms with van der Waals surface area (Å²) in [5.41, 5.74) is 15.1. The van der Waals surface area contributed by atoms with Gasteiger partial charge in [0.25, 0.3) is 0 Å². The lowest BCUT2D eigenvalue weighted by molar-refractivity contribution is 0.459. The molecule has 0 saturated carbocycles. The van der Waals surface area contributed by atoms with Gasteiger partial charge in [-0.15, -0.1) is 0 Å². The second-order valence-corrected chi connectivity index (χ2v) is 17.3. The number of hydrogen-bond acceptors (Lipinski definition) is 2. The Morgan fingerprint density at radius 2 is 1.16 bits per heavy atom. The van der Waals surface area contributed by atoms with Crippen LogP contribution in [-0.2, 0) is 0 Å². The molecule has 0 bridgehead atoms. The largest absolute Gasteiger partial charge is 0.458 e. The maximum Gasteiger partial charge on any atom is 0.139 e. The van der Waals surface area contributed by atoms with Gasteiger partial charge in [0.15, 0.2) is 0 Å². The lowest BCUT2D eigenvalue weighted by Gasteiger charge is -2.31. The fourth-order valence-corrected chi connectivity index (χ4v) is 11.4. The zero-order valence-electron chi connectivity index (χ0n) is 34.6. The van der Waals surface area contributed by atoms with Crippen LogP contribution >= 0.6 is 0 Å². The minimum atomic E-state index is 0.0160. The molecule has 4 aromatic heterocycles. The summed E-state index contributed by atoms with van der Waals surface area (Å²) in [4.78, 5) is 5.54. The van der Waals surface area contributed by atoms with Crippen molar-refractivity contribution < 1.29 is 4.42 Å². The average Bonchev–Trinajstić information content (AvgIpc) is 4.09. The maximum atomic E-state index is 6.75. The number of hydrogen-bond donors (Lipinski definition) is 0. The Hall–Kier alpha value is -7.95. The molecule has 296 valence electrons. The molecule has 1 aliphatic heterocycles. The molecule has 0 aliphatic carbocycles. The molecule has 0 N–H and O–H groups in total. The Morgan fingerprint density at radius 1 is 0.492 bits per heavy atom. The van der Waals surface area contributed by atoms with Crippen LogP contribution in [0.1, 0.15) is 36.1 Å². The van der Waals surface area contributed by atoms with Crippen LogP contribution in [0.3, 0.4) is 0 Å². The summed E-state index contributed by atoms with van der Waals surface area (Å²) in [6.07, 6.45) is 0.914. The molecule has 4 nitrogen and oxygen atoms in total. The molecule has 2 atom stereocenters. The predicted molar refractivity (Wildman–Crippen MR) is 263 cm³/mol. The van der Waals surface area contributed by atoms with Crippen molar-refractivity contribution in [3.63, 3.8) is 0 Å². The molecule has 1 aliphatic rings. The van der Waals surface area contributed by atoms with Gasteiger partial charge >= 0.3 is 0 Å². The summed E-state index contributed by atoms with van der Waals surface area (Å²) < 4.78 is 11.8. The minimum absolute atomic E-state index is 0.0160. The zero-order valence-corrected chi connectivity index (χ0v) is 34.6. The molecule has 0 saturated heterocycles. The number of aliphatic imine (C=N–C) groups is 1. The molecule has 9 aromatic carbocycles. The van der Waals surface area contributed by atoms with Crippen LogP contribution < -0.4 is 0 Å². The number of para-hydroxylation sites is 3. The van der Waals surface area contributed by atoms with Crippen LogP contribution in [0.15, 0.2) is 204 Å². The SMILES string of the molecule is CCC1C(c2ccc(-n3c4ccccc4c4cc5c6c7ccccc7ccc6n6c7ccccc7c(c43)c56)cc2)=Nc2c(oc3ccccc23)C1c1ccc(-c2ccccc2)cc1. The molecule has 0 amide bonds. The van der Waals surface area contributed by atoms with E-state index in [1.165, 1.54) is 87.4 Å². The first kappa shape index (κ1) is 34.7. The second kappa shape index (κ2) is 13.0. The predicted octanol–water partition coefficient (Wildman–Crippen LogP) is 15.8. The number of rotatable bonds is 5. The molecule has 0 radical (unpaired) electrons. The van der Waals surface area contributed by atoms with E-state index in [1.54, 1.807) is 0 Å². The molecule has 2 unspecified atom stereocenters. The standard InChI is InChI=1S/C59H39N3O/c1-2-41-52(38-26-24-36(25-27-38)35-14-4-3-5-15-35)59-56(45-20-10-13-23-51(45)63-59)60-55(41)39-28-31-40(32-29-39)61-48-21-11-8-18-43(48)46-34-47-53-42-17-7-6-16-37(42)30-33-50(53)62-49-22-12-9-19-44(49)54(57(46)61)58(47)62/h3-34,41,52H,2H2,1H3. The smallest absolute Gasteiger partial charge is 0.139 e. The highest BCUT2D eigenvalue weighted by Gasteiger charge is 2.38. The summed E-state index contributed by atoms with van der Waals surface area (Å²) in [5, 5.41) is 11.3. The second-order valence-electron chi connectivity index (χ2n) is 17.3. The molecular formula is C59H39N3O. The number of benzene rings is 9. The monoisotopic (exact) mass is 805 g/mol. The van der Waals surface area contributed by atoms with Crippen molar-refractivity contribution in [1.82, 2.24) is 8.97 Å². The third-order valence-electron chi connectivity index (χ3n) is 14.1. The van der Waals surface area contributed by atoms with Gasteiger partial charge in [-0.2, -0.15) is 0 Å². The van der Waals surface area contributed by atoms with Gasteiger partial charge in [0, 0.05) is 49.3 Å². The lowest BCUT2D eigenvalue weighted by atomic mass is 9.75. The number of furan rings is 1. The zero-order chi connectivity index (χ0) is 41.3. The van der Waals surface area contributed by atoms with Crippen molar-refractivity contribution in [1.29, 1.82) is 0 Å². The van der Waals surface area contributed by atoms with E-state index in [2.05, 4.69) is 204 Å². The van der Waals surface area contributed by atoms with Gasteiger partial charge in [0.2, 0.25) is 0 Å². The molecule has 63 heavy (non-hydrogen) atoms. The maximum absolute atomic E-state index is 6.75. The molecule has 13 aromatic rings. The first-order chi connectivity index (χ1) is 31.2. The van der Waals surface area contributed by atoms with Crippen LogP contribution in [0.4, 0.5) is 5.69 Å². The van der Waals surface area contributed by atoms with E-state index in [0.29, 0.717) is 0 Å². The van der Waals surface area contributed by atoms with Crippen molar-refractivity contribution >= 4 is 93.0 Å².